The van der Waals surface area contributed by atoms with E-state index >= 15 is 0 Å². The lowest BCUT2D eigenvalue weighted by Crippen LogP contribution is -2.13. The molecule has 0 spiro atoms. The fourth-order valence-corrected chi connectivity index (χ4v) is 1.57. The fraction of sp³-hybridized carbons (Fsp3) is 0. The van der Waals surface area contributed by atoms with Crippen molar-refractivity contribution >= 4 is 17.3 Å². The van der Waals surface area contributed by atoms with Gasteiger partial charge in [-0.05, 0) is 18.2 Å². The lowest BCUT2D eigenvalue weighted by atomic mass is 10.2. The van der Waals surface area contributed by atoms with Crippen LogP contribution in [-0.2, 0) is 0 Å². The SMILES string of the molecule is O=C(Nc1ccc([N+](=O)[O-])cc1F)c1ccccc1O. The molecule has 0 aliphatic carbocycles. The molecule has 0 unspecified atom stereocenters. The summed E-state index contributed by atoms with van der Waals surface area (Å²) in [4.78, 5) is 21.6. The predicted molar refractivity (Wildman–Crippen MR) is 69.1 cm³/mol. The zero-order chi connectivity index (χ0) is 14.7. The lowest BCUT2D eigenvalue weighted by Gasteiger charge is -2.07. The van der Waals surface area contributed by atoms with Gasteiger partial charge >= 0.3 is 0 Å². The number of phenolic OH excluding ortho intramolecular Hbond substituents is 1. The Morgan fingerprint density at radius 1 is 1.25 bits per heavy atom. The highest BCUT2D eigenvalue weighted by Gasteiger charge is 2.15. The number of halogens is 1. The maximum atomic E-state index is 13.6. The molecule has 102 valence electrons. The number of rotatable bonds is 3. The second-order valence-electron chi connectivity index (χ2n) is 3.89. The molecule has 20 heavy (non-hydrogen) atoms. The van der Waals surface area contributed by atoms with Crippen molar-refractivity contribution in [2.75, 3.05) is 5.32 Å². The van der Waals surface area contributed by atoms with Gasteiger partial charge in [-0.1, -0.05) is 12.1 Å². The number of hydrogen-bond donors (Lipinski definition) is 2. The number of nitrogens with zero attached hydrogens (tertiary/aromatic N) is 1. The maximum absolute atomic E-state index is 13.6. The van der Waals surface area contributed by atoms with E-state index in [1.807, 2.05) is 0 Å². The molecule has 1 amide bonds. The molecule has 0 saturated heterocycles. The number of carbonyl (C=O) groups excluding carboxylic acids is 1. The van der Waals surface area contributed by atoms with Gasteiger partial charge in [-0.25, -0.2) is 4.39 Å². The molecule has 2 rings (SSSR count). The van der Waals surface area contributed by atoms with Crippen LogP contribution in [0.5, 0.6) is 5.75 Å². The molecule has 2 N–H and O–H groups in total. The van der Waals surface area contributed by atoms with Crippen LogP contribution in [0.1, 0.15) is 10.4 Å². The van der Waals surface area contributed by atoms with Crippen LogP contribution in [0.2, 0.25) is 0 Å². The van der Waals surface area contributed by atoms with Gasteiger partial charge in [-0.2, -0.15) is 0 Å². The number of amides is 1. The maximum Gasteiger partial charge on any atom is 0.272 e. The van der Waals surface area contributed by atoms with Crippen molar-refractivity contribution in [3.05, 3.63) is 64.0 Å². The van der Waals surface area contributed by atoms with Gasteiger partial charge in [0.05, 0.1) is 22.2 Å². The number of phenols is 1. The smallest absolute Gasteiger partial charge is 0.272 e. The van der Waals surface area contributed by atoms with Crippen LogP contribution in [0, 0.1) is 15.9 Å². The molecular weight excluding hydrogens is 267 g/mol. The molecule has 0 atom stereocenters. The first kappa shape index (κ1) is 13.5. The van der Waals surface area contributed by atoms with Gasteiger partial charge in [-0.15, -0.1) is 0 Å². The first-order chi connectivity index (χ1) is 9.49. The normalized spacial score (nSPS) is 10.1. The number of nitro benzene ring substituents is 1. The van der Waals surface area contributed by atoms with Crippen LogP contribution in [0.4, 0.5) is 15.8 Å². The largest absolute Gasteiger partial charge is 0.507 e. The van der Waals surface area contributed by atoms with E-state index < -0.39 is 22.3 Å². The highest BCUT2D eigenvalue weighted by Crippen LogP contribution is 2.22. The highest BCUT2D eigenvalue weighted by atomic mass is 19.1. The van der Waals surface area contributed by atoms with Crippen molar-refractivity contribution in [1.82, 2.24) is 0 Å². The molecule has 0 radical (unpaired) electrons. The third-order valence-corrected chi connectivity index (χ3v) is 2.56. The van der Waals surface area contributed by atoms with Crippen LogP contribution in [0.3, 0.4) is 0 Å². The van der Waals surface area contributed by atoms with E-state index in [-0.39, 0.29) is 17.0 Å². The Morgan fingerprint density at radius 2 is 1.95 bits per heavy atom. The zero-order valence-electron chi connectivity index (χ0n) is 10.0. The average Bonchev–Trinajstić information content (AvgIpc) is 2.41. The third-order valence-electron chi connectivity index (χ3n) is 2.56. The molecule has 6 nitrogen and oxygen atoms in total. The number of carbonyl (C=O) groups is 1. The molecule has 0 aliphatic rings. The summed E-state index contributed by atoms with van der Waals surface area (Å²) >= 11 is 0. The molecule has 0 aromatic heterocycles. The van der Waals surface area contributed by atoms with Crippen molar-refractivity contribution in [3.8, 4) is 5.75 Å². The van der Waals surface area contributed by atoms with Crippen LogP contribution in [0.25, 0.3) is 0 Å². The van der Waals surface area contributed by atoms with Crippen LogP contribution >= 0.6 is 0 Å². The quantitative estimate of drug-likeness (QED) is 0.665. The van der Waals surface area contributed by atoms with E-state index in [0.29, 0.717) is 6.07 Å². The predicted octanol–water partition coefficient (Wildman–Crippen LogP) is 2.69. The monoisotopic (exact) mass is 276 g/mol. The minimum Gasteiger partial charge on any atom is -0.507 e. The molecular formula is C13H9FN2O4. The van der Waals surface area contributed by atoms with Gasteiger partial charge in [0, 0.05) is 6.07 Å². The van der Waals surface area contributed by atoms with Crippen molar-refractivity contribution in [3.63, 3.8) is 0 Å². The topological polar surface area (TPSA) is 92.5 Å². The number of benzene rings is 2. The molecule has 0 heterocycles. The minimum absolute atomic E-state index is 0.0229. The molecule has 0 saturated carbocycles. The summed E-state index contributed by atoms with van der Waals surface area (Å²) in [6.07, 6.45) is 0. The summed E-state index contributed by atoms with van der Waals surface area (Å²) in [6, 6.07) is 8.64. The Labute approximate surface area is 112 Å². The van der Waals surface area contributed by atoms with Crippen LogP contribution < -0.4 is 5.32 Å². The number of aromatic hydroxyl groups is 1. The number of anilines is 1. The van der Waals surface area contributed by atoms with E-state index in [9.17, 15) is 24.4 Å². The number of nitro groups is 1. The Hall–Kier alpha value is -2.96. The van der Waals surface area contributed by atoms with Gasteiger partial charge in [-0.3, -0.25) is 14.9 Å². The fourth-order valence-electron chi connectivity index (χ4n) is 1.57. The Balaban J connectivity index is 2.25. The Bertz CT molecular complexity index is 688. The summed E-state index contributed by atoms with van der Waals surface area (Å²) in [6.45, 7) is 0. The number of nitrogens with one attached hydrogen (secondary N) is 1. The van der Waals surface area contributed by atoms with Gasteiger partial charge in [0.1, 0.15) is 5.75 Å². The summed E-state index contributed by atoms with van der Waals surface area (Å²) in [5.41, 5.74) is -0.642. The molecule has 7 heteroatoms. The van der Waals surface area contributed by atoms with E-state index in [2.05, 4.69) is 5.32 Å². The molecule has 0 bridgehead atoms. The average molecular weight is 276 g/mol. The van der Waals surface area contributed by atoms with Gasteiger partial charge in [0.15, 0.2) is 5.82 Å². The number of para-hydroxylation sites is 1. The zero-order valence-corrected chi connectivity index (χ0v) is 10.0. The van der Waals surface area contributed by atoms with Gasteiger partial charge in [0.2, 0.25) is 0 Å². The Kier molecular flexibility index (Phi) is 3.60. The van der Waals surface area contributed by atoms with Crippen molar-refractivity contribution < 1.29 is 19.2 Å². The number of non-ortho nitro benzene ring substituents is 1. The van der Waals surface area contributed by atoms with Crippen molar-refractivity contribution in [2.45, 2.75) is 0 Å². The molecule has 0 fully saturated rings. The standard InChI is InChI=1S/C13H9FN2O4/c14-10-7-8(16(19)20)5-6-11(10)15-13(18)9-3-1-2-4-12(9)17/h1-7,17H,(H,15,18). The first-order valence-corrected chi connectivity index (χ1v) is 5.52. The summed E-state index contributed by atoms with van der Waals surface area (Å²) in [7, 11) is 0. The van der Waals surface area contributed by atoms with Gasteiger partial charge in [0.25, 0.3) is 11.6 Å². The van der Waals surface area contributed by atoms with Gasteiger partial charge < -0.3 is 10.4 Å². The molecule has 0 aliphatic heterocycles. The summed E-state index contributed by atoms with van der Waals surface area (Å²) < 4.78 is 13.6. The van der Waals surface area contributed by atoms with Crippen molar-refractivity contribution in [1.29, 1.82) is 0 Å². The first-order valence-electron chi connectivity index (χ1n) is 5.52. The highest BCUT2D eigenvalue weighted by molar-refractivity contribution is 6.06. The van der Waals surface area contributed by atoms with Crippen molar-refractivity contribution in [2.24, 2.45) is 0 Å². The second kappa shape index (κ2) is 5.35. The lowest BCUT2D eigenvalue weighted by molar-refractivity contribution is -0.385. The Morgan fingerprint density at radius 3 is 2.55 bits per heavy atom. The van der Waals surface area contributed by atoms with Crippen LogP contribution in [-0.4, -0.2) is 15.9 Å². The van der Waals surface area contributed by atoms with E-state index in [1.165, 1.54) is 12.1 Å². The summed E-state index contributed by atoms with van der Waals surface area (Å²) in [5, 5.41) is 22.2. The minimum atomic E-state index is -0.928. The molecule has 2 aromatic rings. The van der Waals surface area contributed by atoms with E-state index in [4.69, 9.17) is 0 Å². The van der Waals surface area contributed by atoms with Crippen LogP contribution in [0.15, 0.2) is 42.5 Å². The number of hydrogen-bond acceptors (Lipinski definition) is 4. The summed E-state index contributed by atoms with van der Waals surface area (Å²) in [5.74, 6) is -1.88. The molecule has 2 aromatic carbocycles. The third kappa shape index (κ3) is 2.72. The van der Waals surface area contributed by atoms with E-state index in [0.717, 1.165) is 12.1 Å². The van der Waals surface area contributed by atoms with E-state index in [1.54, 1.807) is 12.1 Å². The second-order valence-corrected chi connectivity index (χ2v) is 3.89.